The Morgan fingerprint density at radius 3 is 1.75 bits per heavy atom. The van der Waals surface area contributed by atoms with E-state index in [-0.39, 0.29) is 5.41 Å². The lowest BCUT2D eigenvalue weighted by Crippen LogP contribution is -2.17. The largest absolute Gasteiger partial charge is 0.310 e. The highest BCUT2D eigenvalue weighted by molar-refractivity contribution is 7.25. The zero-order chi connectivity index (χ0) is 36.7. The molecule has 1 nitrogen and oxygen atoms in total. The Labute approximate surface area is 325 Å². The van der Waals surface area contributed by atoms with Crippen molar-refractivity contribution >= 4 is 70.1 Å². The van der Waals surface area contributed by atoms with Crippen LogP contribution in [0.25, 0.3) is 75.1 Å². The quantitative estimate of drug-likeness (QED) is 0.171. The van der Waals surface area contributed by atoms with E-state index in [1.165, 1.54) is 86.2 Å². The third-order valence-corrected chi connectivity index (χ3v) is 13.0. The molecule has 0 N–H and O–H groups in total. The number of fused-ring (bicyclic) bond motifs is 8. The van der Waals surface area contributed by atoms with Gasteiger partial charge in [-0.3, -0.25) is 0 Å². The van der Waals surface area contributed by atoms with Crippen LogP contribution in [0, 0.1) is 0 Å². The number of nitrogens with zero attached hydrogens (tertiary/aromatic N) is 1. The summed E-state index contributed by atoms with van der Waals surface area (Å²) in [5.41, 5.74) is 13.6. The van der Waals surface area contributed by atoms with Gasteiger partial charge in [-0.2, -0.15) is 0 Å². The number of benzene rings is 9. The van der Waals surface area contributed by atoms with Gasteiger partial charge in [-0.25, -0.2) is 0 Å². The lowest BCUT2D eigenvalue weighted by atomic mass is 9.82. The van der Waals surface area contributed by atoms with Gasteiger partial charge in [0.15, 0.2) is 0 Å². The molecule has 0 saturated heterocycles. The minimum absolute atomic E-state index is 0.135. The third-order valence-electron chi connectivity index (χ3n) is 11.9. The van der Waals surface area contributed by atoms with Crippen LogP contribution in [0.15, 0.2) is 188 Å². The standard InChI is InChI=1S/C53H37NS/c1-53(2)47-25-9-7-20-41(47)42-30-28-37(33-48(42)53)54(36-29-31-51-46(32-36)43-21-8-10-27-50(43)55-51)49-26-13-24-45(40-22-11-16-34-14-3-5-18-38(34)40)52(49)44-23-12-17-35-15-4-6-19-39(35)44/h3-33H,1-2H3. The molecular weight excluding hydrogens is 683 g/mol. The summed E-state index contributed by atoms with van der Waals surface area (Å²) in [5.74, 6) is 0. The molecular formula is C53H37NS. The summed E-state index contributed by atoms with van der Waals surface area (Å²) in [5, 5.41) is 7.54. The molecule has 9 aromatic carbocycles. The second-order valence-corrected chi connectivity index (χ2v) is 16.4. The van der Waals surface area contributed by atoms with Gasteiger partial charge < -0.3 is 4.90 Å². The van der Waals surface area contributed by atoms with Crippen molar-refractivity contribution in [2.45, 2.75) is 19.3 Å². The van der Waals surface area contributed by atoms with Crippen LogP contribution >= 0.6 is 11.3 Å². The fraction of sp³-hybridized carbons (Fsp3) is 0.0566. The number of hydrogen-bond acceptors (Lipinski definition) is 2. The van der Waals surface area contributed by atoms with Crippen LogP contribution in [0.3, 0.4) is 0 Å². The monoisotopic (exact) mass is 719 g/mol. The smallest absolute Gasteiger partial charge is 0.0546 e. The van der Waals surface area contributed by atoms with Gasteiger partial charge in [0, 0.05) is 42.5 Å². The molecule has 0 saturated carbocycles. The Hall–Kier alpha value is -6.48. The summed E-state index contributed by atoms with van der Waals surface area (Å²) in [6, 6.07) is 69.9. The number of anilines is 3. The lowest BCUT2D eigenvalue weighted by Gasteiger charge is -2.31. The van der Waals surface area contributed by atoms with Crippen LogP contribution in [0.1, 0.15) is 25.0 Å². The minimum atomic E-state index is -0.135. The summed E-state index contributed by atoms with van der Waals surface area (Å²) in [7, 11) is 0. The number of hydrogen-bond donors (Lipinski definition) is 0. The predicted molar refractivity (Wildman–Crippen MR) is 237 cm³/mol. The average Bonchev–Trinajstić information content (AvgIpc) is 3.72. The summed E-state index contributed by atoms with van der Waals surface area (Å²) in [6.07, 6.45) is 0. The zero-order valence-corrected chi connectivity index (χ0v) is 31.6. The van der Waals surface area contributed by atoms with Crippen molar-refractivity contribution in [2.75, 3.05) is 4.90 Å². The van der Waals surface area contributed by atoms with Crippen LogP contribution in [-0.4, -0.2) is 0 Å². The van der Waals surface area contributed by atoms with Crippen molar-refractivity contribution in [2.24, 2.45) is 0 Å². The van der Waals surface area contributed by atoms with Crippen molar-refractivity contribution in [3.05, 3.63) is 199 Å². The van der Waals surface area contributed by atoms with E-state index in [1.54, 1.807) is 0 Å². The molecule has 1 aliphatic rings. The molecule has 0 amide bonds. The van der Waals surface area contributed by atoms with E-state index in [0.717, 1.165) is 17.1 Å². The third kappa shape index (κ3) is 4.92. The van der Waals surface area contributed by atoms with Gasteiger partial charge in [0.2, 0.25) is 0 Å². The zero-order valence-electron chi connectivity index (χ0n) is 30.8. The van der Waals surface area contributed by atoms with Crippen molar-refractivity contribution in [3.8, 4) is 33.4 Å². The van der Waals surface area contributed by atoms with Gasteiger partial charge in [0.25, 0.3) is 0 Å². The second kappa shape index (κ2) is 12.3. The molecule has 0 aliphatic heterocycles. The van der Waals surface area contributed by atoms with E-state index in [9.17, 15) is 0 Å². The summed E-state index contributed by atoms with van der Waals surface area (Å²) < 4.78 is 2.61. The first-order valence-corrected chi connectivity index (χ1v) is 19.9. The topological polar surface area (TPSA) is 3.24 Å². The molecule has 0 atom stereocenters. The highest BCUT2D eigenvalue weighted by Crippen LogP contribution is 2.53. The average molecular weight is 720 g/mol. The van der Waals surface area contributed by atoms with Gasteiger partial charge in [0.05, 0.1) is 5.69 Å². The first-order valence-electron chi connectivity index (χ1n) is 19.1. The maximum Gasteiger partial charge on any atom is 0.0546 e. The van der Waals surface area contributed by atoms with E-state index in [2.05, 4.69) is 207 Å². The summed E-state index contributed by atoms with van der Waals surface area (Å²) in [6.45, 7) is 4.75. The Morgan fingerprint density at radius 2 is 0.927 bits per heavy atom. The fourth-order valence-electron chi connectivity index (χ4n) is 9.25. The predicted octanol–water partition coefficient (Wildman–Crippen LogP) is 15.5. The first kappa shape index (κ1) is 32.0. The van der Waals surface area contributed by atoms with Gasteiger partial charge in [-0.1, -0.05) is 159 Å². The lowest BCUT2D eigenvalue weighted by molar-refractivity contribution is 0.660. The van der Waals surface area contributed by atoms with Gasteiger partial charge in [0.1, 0.15) is 0 Å². The van der Waals surface area contributed by atoms with Gasteiger partial charge in [-0.05, 0) is 103 Å². The minimum Gasteiger partial charge on any atom is -0.310 e. The van der Waals surface area contributed by atoms with Crippen molar-refractivity contribution < 1.29 is 0 Å². The molecule has 11 rings (SSSR count). The molecule has 0 spiro atoms. The molecule has 2 heteroatoms. The molecule has 1 heterocycles. The highest BCUT2D eigenvalue weighted by Gasteiger charge is 2.36. The molecule has 0 fully saturated rings. The van der Waals surface area contributed by atoms with Crippen LogP contribution in [0.2, 0.25) is 0 Å². The van der Waals surface area contributed by atoms with E-state index < -0.39 is 0 Å². The molecule has 55 heavy (non-hydrogen) atoms. The van der Waals surface area contributed by atoms with Crippen molar-refractivity contribution in [1.82, 2.24) is 0 Å². The Kier molecular flexibility index (Phi) is 7.14. The Morgan fingerprint density at radius 1 is 0.382 bits per heavy atom. The number of thiophene rings is 1. The Balaban J connectivity index is 1.25. The van der Waals surface area contributed by atoms with Crippen LogP contribution < -0.4 is 4.90 Å². The Bertz CT molecular complexity index is 3140. The van der Waals surface area contributed by atoms with E-state index in [1.807, 2.05) is 11.3 Å². The SMILES string of the molecule is CC1(C)c2ccccc2-c2ccc(N(c3ccc4sc5ccccc5c4c3)c3cccc(-c4cccc5ccccc45)c3-c3cccc4ccccc34)cc21. The first-order chi connectivity index (χ1) is 27.0. The second-order valence-electron chi connectivity index (χ2n) is 15.3. The van der Waals surface area contributed by atoms with Crippen LogP contribution in [0.4, 0.5) is 17.1 Å². The van der Waals surface area contributed by atoms with E-state index in [0.29, 0.717) is 0 Å². The van der Waals surface area contributed by atoms with Crippen LogP contribution in [0.5, 0.6) is 0 Å². The number of rotatable bonds is 5. The molecule has 0 unspecified atom stereocenters. The van der Waals surface area contributed by atoms with Crippen molar-refractivity contribution in [3.63, 3.8) is 0 Å². The summed E-state index contributed by atoms with van der Waals surface area (Å²) >= 11 is 1.87. The van der Waals surface area contributed by atoms with Crippen molar-refractivity contribution in [1.29, 1.82) is 0 Å². The van der Waals surface area contributed by atoms with E-state index in [4.69, 9.17) is 0 Å². The molecule has 0 radical (unpaired) electrons. The maximum atomic E-state index is 2.52. The molecule has 1 aromatic heterocycles. The van der Waals surface area contributed by atoms with Crippen LogP contribution in [-0.2, 0) is 5.41 Å². The summed E-state index contributed by atoms with van der Waals surface area (Å²) in [4.78, 5) is 2.52. The highest BCUT2D eigenvalue weighted by atomic mass is 32.1. The maximum absolute atomic E-state index is 2.52. The normalized spacial score (nSPS) is 13.1. The molecule has 1 aliphatic carbocycles. The van der Waals surface area contributed by atoms with Gasteiger partial charge in [-0.15, -0.1) is 11.3 Å². The van der Waals surface area contributed by atoms with Gasteiger partial charge >= 0.3 is 0 Å². The molecule has 260 valence electrons. The molecule has 0 bridgehead atoms. The fourth-order valence-corrected chi connectivity index (χ4v) is 10.3. The molecule has 10 aromatic rings. The van der Waals surface area contributed by atoms with E-state index >= 15 is 0 Å².